The van der Waals surface area contributed by atoms with E-state index in [2.05, 4.69) is 10.6 Å². The van der Waals surface area contributed by atoms with E-state index in [4.69, 9.17) is 9.47 Å². The van der Waals surface area contributed by atoms with E-state index in [-0.39, 0.29) is 24.3 Å². The molecule has 0 unspecified atom stereocenters. The molecule has 0 spiro atoms. The summed E-state index contributed by atoms with van der Waals surface area (Å²) in [5, 5.41) is 5.61. The summed E-state index contributed by atoms with van der Waals surface area (Å²) in [4.78, 5) is 35.7. The highest BCUT2D eigenvalue weighted by Crippen LogP contribution is 2.17. The summed E-state index contributed by atoms with van der Waals surface area (Å²) in [5.41, 5.74) is 0.852. The molecule has 1 aromatic rings. The molecule has 2 N–H and O–H groups in total. The Hall–Kier alpha value is -3.09. The Balaban J connectivity index is 1.99. The average Bonchev–Trinajstić information content (AvgIpc) is 3.09. The molecule has 1 aliphatic heterocycles. The maximum atomic E-state index is 12.3. The topological polar surface area (TPSA) is 93.7 Å². The van der Waals surface area contributed by atoms with Crippen molar-refractivity contribution in [1.29, 1.82) is 0 Å². The number of ether oxygens (including phenoxy) is 2. The first kappa shape index (κ1) is 21.2. The second-order valence-corrected chi connectivity index (χ2v) is 6.35. The van der Waals surface area contributed by atoms with Gasteiger partial charge in [-0.3, -0.25) is 9.59 Å². The Morgan fingerprint density at radius 2 is 2.04 bits per heavy atom. The van der Waals surface area contributed by atoms with Gasteiger partial charge >= 0.3 is 5.97 Å². The van der Waals surface area contributed by atoms with Gasteiger partial charge in [-0.25, -0.2) is 4.79 Å². The van der Waals surface area contributed by atoms with Crippen LogP contribution in [0.25, 0.3) is 6.08 Å². The Kier molecular flexibility index (Phi) is 8.27. The van der Waals surface area contributed by atoms with Crippen LogP contribution in [-0.4, -0.2) is 44.1 Å². The van der Waals surface area contributed by atoms with E-state index in [1.807, 2.05) is 12.1 Å². The van der Waals surface area contributed by atoms with Crippen LogP contribution >= 0.6 is 0 Å². The van der Waals surface area contributed by atoms with Crippen LogP contribution in [0.2, 0.25) is 0 Å². The van der Waals surface area contributed by atoms with Gasteiger partial charge in [-0.2, -0.15) is 0 Å². The summed E-state index contributed by atoms with van der Waals surface area (Å²) in [6.45, 7) is 2.62. The molecule has 0 radical (unpaired) electrons. The number of hydrogen-bond donors (Lipinski definition) is 2. The Labute approximate surface area is 164 Å². The van der Waals surface area contributed by atoms with Crippen molar-refractivity contribution in [2.24, 2.45) is 5.92 Å². The lowest BCUT2D eigenvalue weighted by atomic mass is 9.98. The van der Waals surface area contributed by atoms with Crippen molar-refractivity contribution in [3.8, 4) is 5.75 Å². The fraction of sp³-hybridized carbons (Fsp3) is 0.381. The Bertz CT molecular complexity index is 740. The van der Waals surface area contributed by atoms with Crippen molar-refractivity contribution < 1.29 is 23.9 Å². The Morgan fingerprint density at radius 1 is 1.29 bits per heavy atom. The smallest absolute Gasteiger partial charge is 0.330 e. The number of carbonyl (C=O) groups is 3. The van der Waals surface area contributed by atoms with Crippen LogP contribution < -0.4 is 15.4 Å². The molecule has 1 aromatic carbocycles. The molecule has 150 valence electrons. The van der Waals surface area contributed by atoms with Crippen LogP contribution in [0.15, 0.2) is 42.5 Å². The summed E-state index contributed by atoms with van der Waals surface area (Å²) < 4.78 is 9.97. The highest BCUT2D eigenvalue weighted by Gasteiger charge is 2.26. The van der Waals surface area contributed by atoms with Crippen molar-refractivity contribution in [3.63, 3.8) is 0 Å². The van der Waals surface area contributed by atoms with Gasteiger partial charge in [0, 0.05) is 30.7 Å². The van der Waals surface area contributed by atoms with Crippen LogP contribution in [0.5, 0.6) is 5.75 Å². The van der Waals surface area contributed by atoms with Gasteiger partial charge in [0.05, 0.1) is 13.7 Å². The van der Waals surface area contributed by atoms with E-state index in [1.54, 1.807) is 38.3 Å². The number of esters is 1. The molecule has 2 rings (SSSR count). The lowest BCUT2D eigenvalue weighted by Crippen LogP contribution is -2.35. The fourth-order valence-electron chi connectivity index (χ4n) is 2.86. The largest absolute Gasteiger partial charge is 0.497 e. The maximum absolute atomic E-state index is 12.3. The SMILES string of the molecule is CCOC(=O)/C=C/[C@H](C[C@@H]1CCNC1=O)NC(=O)/C=C/c1ccc(OC)cc1. The van der Waals surface area contributed by atoms with E-state index in [9.17, 15) is 14.4 Å². The van der Waals surface area contributed by atoms with Crippen LogP contribution in [0.4, 0.5) is 0 Å². The molecule has 7 nitrogen and oxygen atoms in total. The van der Waals surface area contributed by atoms with E-state index in [1.165, 1.54) is 12.2 Å². The third-order valence-electron chi connectivity index (χ3n) is 4.32. The first-order valence-corrected chi connectivity index (χ1v) is 9.27. The number of amides is 2. The van der Waals surface area contributed by atoms with Crippen molar-refractivity contribution in [2.45, 2.75) is 25.8 Å². The minimum atomic E-state index is -0.480. The predicted octanol–water partition coefficient (Wildman–Crippen LogP) is 1.84. The number of nitrogens with one attached hydrogen (secondary N) is 2. The molecular formula is C21H26N2O5. The molecule has 0 aliphatic carbocycles. The quantitative estimate of drug-likeness (QED) is 0.499. The Morgan fingerprint density at radius 3 is 2.64 bits per heavy atom. The second-order valence-electron chi connectivity index (χ2n) is 6.35. The normalized spacial score (nSPS) is 17.5. The molecule has 2 amide bonds. The van der Waals surface area contributed by atoms with Crippen molar-refractivity contribution >= 4 is 23.9 Å². The molecule has 1 fully saturated rings. The highest BCUT2D eigenvalue weighted by molar-refractivity contribution is 5.92. The zero-order chi connectivity index (χ0) is 20.4. The van der Waals surface area contributed by atoms with Crippen LogP contribution in [0.3, 0.4) is 0 Å². The first-order chi connectivity index (χ1) is 13.5. The number of benzene rings is 1. The van der Waals surface area contributed by atoms with E-state index >= 15 is 0 Å². The molecule has 0 bridgehead atoms. The first-order valence-electron chi connectivity index (χ1n) is 9.27. The van der Waals surface area contributed by atoms with Crippen LogP contribution in [0.1, 0.15) is 25.3 Å². The summed E-state index contributed by atoms with van der Waals surface area (Å²) in [6.07, 6.45) is 7.09. The number of rotatable bonds is 9. The molecule has 1 heterocycles. The third kappa shape index (κ3) is 6.90. The van der Waals surface area contributed by atoms with Gasteiger partial charge in [-0.15, -0.1) is 0 Å². The van der Waals surface area contributed by atoms with Gasteiger partial charge in [-0.05, 0) is 43.5 Å². The van der Waals surface area contributed by atoms with Crippen LogP contribution in [0, 0.1) is 5.92 Å². The minimum Gasteiger partial charge on any atom is -0.497 e. The third-order valence-corrected chi connectivity index (χ3v) is 4.32. The molecular weight excluding hydrogens is 360 g/mol. The monoisotopic (exact) mass is 386 g/mol. The summed E-state index contributed by atoms with van der Waals surface area (Å²) in [6, 6.07) is 6.83. The lowest BCUT2D eigenvalue weighted by Gasteiger charge is -2.17. The van der Waals surface area contributed by atoms with Crippen LogP contribution in [-0.2, 0) is 19.1 Å². The molecule has 7 heteroatoms. The molecule has 0 aromatic heterocycles. The van der Waals surface area contributed by atoms with Gasteiger partial charge in [0.25, 0.3) is 0 Å². The van der Waals surface area contributed by atoms with E-state index < -0.39 is 12.0 Å². The van der Waals surface area contributed by atoms with Gasteiger partial charge < -0.3 is 20.1 Å². The average molecular weight is 386 g/mol. The number of methoxy groups -OCH3 is 1. The predicted molar refractivity (Wildman–Crippen MR) is 105 cm³/mol. The van der Waals surface area contributed by atoms with Gasteiger partial charge in [0.1, 0.15) is 5.75 Å². The van der Waals surface area contributed by atoms with Gasteiger partial charge in [-0.1, -0.05) is 18.2 Å². The maximum Gasteiger partial charge on any atom is 0.330 e. The molecule has 1 aliphatic rings. The molecule has 2 atom stereocenters. The zero-order valence-electron chi connectivity index (χ0n) is 16.1. The fourth-order valence-corrected chi connectivity index (χ4v) is 2.86. The number of hydrogen-bond acceptors (Lipinski definition) is 5. The van der Waals surface area contributed by atoms with E-state index in [0.29, 0.717) is 19.4 Å². The molecule has 0 saturated carbocycles. The van der Waals surface area contributed by atoms with Crippen molar-refractivity contribution in [1.82, 2.24) is 10.6 Å². The van der Waals surface area contributed by atoms with Crippen molar-refractivity contribution in [3.05, 3.63) is 48.1 Å². The molecule has 1 saturated heterocycles. The lowest BCUT2D eigenvalue weighted by molar-refractivity contribution is -0.137. The van der Waals surface area contributed by atoms with Gasteiger partial charge in [0.15, 0.2) is 0 Å². The van der Waals surface area contributed by atoms with E-state index in [0.717, 1.165) is 11.3 Å². The number of carbonyl (C=O) groups excluding carboxylic acids is 3. The summed E-state index contributed by atoms with van der Waals surface area (Å²) in [7, 11) is 1.59. The summed E-state index contributed by atoms with van der Waals surface area (Å²) in [5.74, 6) is -0.278. The molecule has 28 heavy (non-hydrogen) atoms. The standard InChI is InChI=1S/C21H26N2O5/c1-3-28-20(25)11-7-17(14-16-12-13-22-21(16)26)23-19(24)10-6-15-4-8-18(27-2)9-5-15/h4-11,16-17H,3,12-14H2,1-2H3,(H,22,26)(H,23,24)/b10-6+,11-7+/t16-,17+/m0/s1. The van der Waals surface area contributed by atoms with Crippen molar-refractivity contribution in [2.75, 3.05) is 20.3 Å². The van der Waals surface area contributed by atoms with Gasteiger partial charge in [0.2, 0.25) is 11.8 Å². The minimum absolute atomic E-state index is 0.0300. The second kappa shape index (κ2) is 10.9. The zero-order valence-corrected chi connectivity index (χ0v) is 16.1. The summed E-state index contributed by atoms with van der Waals surface area (Å²) >= 11 is 0. The highest BCUT2D eigenvalue weighted by atomic mass is 16.5.